The average molecular weight is 253 g/mol. The monoisotopic (exact) mass is 253 g/mol. The number of methoxy groups -OCH3 is 1. The van der Waals surface area contributed by atoms with E-state index in [-0.39, 0.29) is 0 Å². The van der Waals surface area contributed by atoms with Gasteiger partial charge in [0.25, 0.3) is 0 Å². The highest BCUT2D eigenvalue weighted by Crippen LogP contribution is 2.33. The highest BCUT2D eigenvalue weighted by molar-refractivity contribution is 7.89. The molecule has 0 saturated carbocycles. The van der Waals surface area contributed by atoms with E-state index in [9.17, 15) is 8.42 Å². The van der Waals surface area contributed by atoms with Gasteiger partial charge in [-0.15, -0.1) is 0 Å². The Labute approximate surface area is 101 Å². The summed E-state index contributed by atoms with van der Waals surface area (Å²) in [5.41, 5.74) is 1.82. The predicted molar refractivity (Wildman–Crippen MR) is 66.6 cm³/mol. The van der Waals surface area contributed by atoms with Crippen molar-refractivity contribution in [2.24, 2.45) is 0 Å². The summed E-state index contributed by atoms with van der Waals surface area (Å²) < 4.78 is 31.3. The van der Waals surface area contributed by atoms with E-state index in [4.69, 9.17) is 4.74 Å². The van der Waals surface area contributed by atoms with Gasteiger partial charge in [0.1, 0.15) is 11.0 Å². The van der Waals surface area contributed by atoms with Crippen LogP contribution in [-0.2, 0) is 16.4 Å². The second kappa shape index (κ2) is 4.50. The van der Waals surface area contributed by atoms with E-state index >= 15 is 0 Å². The molecule has 1 N–H and O–H groups in total. The molecule has 1 aromatic carbocycles. The summed E-state index contributed by atoms with van der Waals surface area (Å²) in [6.07, 6.45) is 4.36. The molecule has 4 nitrogen and oxygen atoms in total. The summed E-state index contributed by atoms with van der Waals surface area (Å²) in [7, 11) is -0.352. The minimum absolute atomic E-state index is 0.633. The van der Waals surface area contributed by atoms with Crippen molar-refractivity contribution >= 4 is 10.0 Å². The smallest absolute Gasteiger partial charge is 0.222 e. The minimum Gasteiger partial charge on any atom is -0.497 e. The molecule has 1 aliphatic rings. The number of hydrogen-bond acceptors (Lipinski definition) is 3. The minimum atomic E-state index is -3.35. The zero-order valence-corrected chi connectivity index (χ0v) is 10.6. The summed E-state index contributed by atoms with van der Waals surface area (Å²) in [6.45, 7) is 0. The Balaban J connectivity index is 2.53. The third-order valence-corrected chi connectivity index (χ3v) is 4.58. The zero-order chi connectivity index (χ0) is 12.5. The van der Waals surface area contributed by atoms with Gasteiger partial charge in [0.05, 0.1) is 7.11 Å². The number of hydrogen-bond donors (Lipinski definition) is 1. The standard InChI is InChI=1S/C12H15NO3S/c1-13-17(14,15)12-5-3-4-9-6-7-10(16-2)8-11(9)12/h3,5-8,12-13H,4H2,1-2H3. The number of nitrogens with one attached hydrogen (secondary N) is 1. The van der Waals surface area contributed by atoms with Crippen molar-refractivity contribution < 1.29 is 13.2 Å². The van der Waals surface area contributed by atoms with E-state index in [1.807, 2.05) is 18.2 Å². The van der Waals surface area contributed by atoms with E-state index in [1.54, 1.807) is 19.3 Å². The van der Waals surface area contributed by atoms with Crippen LogP contribution in [0.4, 0.5) is 0 Å². The molecular weight excluding hydrogens is 238 g/mol. The molecule has 5 heteroatoms. The average Bonchev–Trinajstić information content (AvgIpc) is 2.37. The second-order valence-electron chi connectivity index (χ2n) is 3.87. The molecule has 0 spiro atoms. The molecule has 1 aromatic rings. The van der Waals surface area contributed by atoms with Crippen LogP contribution in [0.5, 0.6) is 5.75 Å². The topological polar surface area (TPSA) is 55.4 Å². The summed E-state index contributed by atoms with van der Waals surface area (Å²) in [4.78, 5) is 0. The number of fused-ring (bicyclic) bond motifs is 1. The van der Waals surface area contributed by atoms with Gasteiger partial charge in [0, 0.05) is 0 Å². The number of allylic oxidation sites excluding steroid dienone is 1. The van der Waals surface area contributed by atoms with Crippen LogP contribution in [0.1, 0.15) is 16.4 Å². The van der Waals surface area contributed by atoms with Crippen molar-refractivity contribution in [3.63, 3.8) is 0 Å². The van der Waals surface area contributed by atoms with E-state index < -0.39 is 15.3 Å². The highest BCUT2D eigenvalue weighted by atomic mass is 32.2. The maximum atomic E-state index is 11.9. The number of sulfonamides is 1. The third-order valence-electron chi connectivity index (χ3n) is 2.93. The third kappa shape index (κ3) is 2.21. The summed E-state index contributed by atoms with van der Waals surface area (Å²) in [6, 6.07) is 5.55. The molecule has 0 aromatic heterocycles. The van der Waals surface area contributed by atoms with Crippen LogP contribution in [0.15, 0.2) is 30.4 Å². The molecule has 0 amide bonds. The van der Waals surface area contributed by atoms with E-state index in [1.165, 1.54) is 7.05 Å². The van der Waals surface area contributed by atoms with Gasteiger partial charge in [-0.05, 0) is 36.7 Å². The molecule has 17 heavy (non-hydrogen) atoms. The first-order valence-corrected chi connectivity index (χ1v) is 6.89. The molecule has 92 valence electrons. The Bertz CT molecular complexity index is 549. The number of rotatable bonds is 3. The van der Waals surface area contributed by atoms with Gasteiger partial charge in [-0.2, -0.15) is 0 Å². The van der Waals surface area contributed by atoms with Crippen molar-refractivity contribution in [3.05, 3.63) is 41.5 Å². The summed E-state index contributed by atoms with van der Waals surface area (Å²) >= 11 is 0. The van der Waals surface area contributed by atoms with Gasteiger partial charge in [0.2, 0.25) is 10.0 Å². The van der Waals surface area contributed by atoms with Crippen LogP contribution in [0, 0.1) is 0 Å². The Hall–Kier alpha value is -1.33. The first kappa shape index (κ1) is 12.1. The SMILES string of the molecule is CNS(=O)(=O)C1C=CCc2ccc(OC)cc21. The van der Waals surface area contributed by atoms with Crippen LogP contribution in [0.2, 0.25) is 0 Å². The molecule has 0 aliphatic heterocycles. The van der Waals surface area contributed by atoms with E-state index in [0.29, 0.717) is 5.75 Å². The van der Waals surface area contributed by atoms with Crippen molar-refractivity contribution in [3.8, 4) is 5.75 Å². The van der Waals surface area contributed by atoms with E-state index in [2.05, 4.69) is 4.72 Å². The lowest BCUT2D eigenvalue weighted by Gasteiger charge is -2.21. The molecule has 0 bridgehead atoms. The Morgan fingerprint density at radius 3 is 2.82 bits per heavy atom. The Morgan fingerprint density at radius 2 is 2.18 bits per heavy atom. The molecule has 1 unspecified atom stereocenters. The van der Waals surface area contributed by atoms with Crippen LogP contribution < -0.4 is 9.46 Å². The second-order valence-corrected chi connectivity index (χ2v) is 5.87. The van der Waals surface area contributed by atoms with Gasteiger partial charge in [0.15, 0.2) is 0 Å². The lowest BCUT2D eigenvalue weighted by molar-refractivity contribution is 0.414. The van der Waals surface area contributed by atoms with Crippen molar-refractivity contribution in [1.29, 1.82) is 0 Å². The van der Waals surface area contributed by atoms with Crippen LogP contribution in [-0.4, -0.2) is 22.6 Å². The predicted octanol–water partition coefficient (Wildman–Crippen LogP) is 1.40. The van der Waals surface area contributed by atoms with Gasteiger partial charge in [-0.25, -0.2) is 13.1 Å². The molecule has 2 rings (SSSR count). The van der Waals surface area contributed by atoms with E-state index in [0.717, 1.165) is 17.5 Å². The van der Waals surface area contributed by atoms with Crippen molar-refractivity contribution in [2.75, 3.05) is 14.2 Å². The maximum Gasteiger partial charge on any atom is 0.222 e. The molecule has 0 saturated heterocycles. The zero-order valence-electron chi connectivity index (χ0n) is 9.80. The fourth-order valence-electron chi connectivity index (χ4n) is 1.97. The lowest BCUT2D eigenvalue weighted by atomic mass is 9.96. The van der Waals surface area contributed by atoms with Crippen LogP contribution in [0.25, 0.3) is 0 Å². The first-order chi connectivity index (χ1) is 8.08. The lowest BCUT2D eigenvalue weighted by Crippen LogP contribution is -2.26. The van der Waals surface area contributed by atoms with Gasteiger partial charge in [-0.3, -0.25) is 0 Å². The summed E-state index contributed by atoms with van der Waals surface area (Å²) in [5, 5.41) is -0.633. The van der Waals surface area contributed by atoms with Gasteiger partial charge >= 0.3 is 0 Å². The fraction of sp³-hybridized carbons (Fsp3) is 0.333. The summed E-state index contributed by atoms with van der Waals surface area (Å²) in [5.74, 6) is 0.676. The highest BCUT2D eigenvalue weighted by Gasteiger charge is 2.27. The molecule has 0 fully saturated rings. The molecule has 1 aliphatic carbocycles. The molecule has 0 heterocycles. The first-order valence-electron chi connectivity index (χ1n) is 5.34. The molecular formula is C12H15NO3S. The Kier molecular flexibility index (Phi) is 3.22. The maximum absolute atomic E-state index is 11.9. The van der Waals surface area contributed by atoms with Crippen LogP contribution >= 0.6 is 0 Å². The van der Waals surface area contributed by atoms with Gasteiger partial charge < -0.3 is 4.74 Å². The molecule has 1 atom stereocenters. The number of ether oxygens (including phenoxy) is 1. The van der Waals surface area contributed by atoms with Gasteiger partial charge in [-0.1, -0.05) is 18.2 Å². The number of benzene rings is 1. The normalized spacial score (nSPS) is 18.8. The van der Waals surface area contributed by atoms with Crippen LogP contribution in [0.3, 0.4) is 0 Å². The van der Waals surface area contributed by atoms with Crippen molar-refractivity contribution in [2.45, 2.75) is 11.7 Å². The largest absolute Gasteiger partial charge is 0.497 e. The van der Waals surface area contributed by atoms with Crippen molar-refractivity contribution in [1.82, 2.24) is 4.72 Å². The quantitative estimate of drug-likeness (QED) is 0.828. The molecule has 0 radical (unpaired) electrons. The fourth-order valence-corrected chi connectivity index (χ4v) is 3.10. The Morgan fingerprint density at radius 1 is 1.41 bits per heavy atom.